The third kappa shape index (κ3) is 4.79. The molecule has 0 N–H and O–H groups in total. The number of rotatable bonds is 7. The molecular weight excluding hydrogens is 312 g/mol. The molecule has 2 aromatic heterocycles. The van der Waals surface area contributed by atoms with Gasteiger partial charge in [-0.1, -0.05) is 31.4 Å². The Morgan fingerprint density at radius 1 is 1.39 bits per heavy atom. The first-order chi connectivity index (χ1) is 11.0. The van der Waals surface area contributed by atoms with Crippen molar-refractivity contribution in [2.45, 2.75) is 45.7 Å². The zero-order valence-corrected chi connectivity index (χ0v) is 14.6. The third-order valence-corrected chi connectivity index (χ3v) is 4.21. The average molecular weight is 335 g/mol. The number of hydrogen-bond acceptors (Lipinski definition) is 3. The molecule has 0 radical (unpaired) electrons. The van der Waals surface area contributed by atoms with Gasteiger partial charge < -0.3 is 4.90 Å². The van der Waals surface area contributed by atoms with E-state index in [4.69, 9.17) is 11.6 Å². The van der Waals surface area contributed by atoms with E-state index in [2.05, 4.69) is 17.0 Å². The van der Waals surface area contributed by atoms with E-state index in [1.807, 2.05) is 30.1 Å². The topological polar surface area (TPSA) is 51.0 Å². The molecule has 1 amide bonds. The molecule has 0 aliphatic heterocycles. The number of likely N-dealkylation sites (N-methyl/N-ethyl adjacent to an activating group) is 1. The minimum absolute atomic E-state index is 0.0813. The molecule has 0 aromatic carbocycles. The van der Waals surface area contributed by atoms with E-state index in [1.54, 1.807) is 24.2 Å². The quantitative estimate of drug-likeness (QED) is 0.776. The standard InChI is InChI=1S/C17H23ClN4O/c1-4-5-6-16(21(3)13(2)23)12-22-11-14(9-20-22)17-8-7-15(18)10-19-17/h7-11,16H,4-6,12H2,1-3H3/t16-/m0/s1. The van der Waals surface area contributed by atoms with Crippen molar-refractivity contribution in [3.63, 3.8) is 0 Å². The Labute approximate surface area is 142 Å². The van der Waals surface area contributed by atoms with Crippen molar-refractivity contribution in [3.05, 3.63) is 35.7 Å². The number of aromatic nitrogens is 3. The SMILES string of the molecule is CCCC[C@@H](Cn1cc(-c2ccc(Cl)cn2)cn1)N(C)C(C)=O. The zero-order valence-electron chi connectivity index (χ0n) is 13.9. The van der Waals surface area contributed by atoms with Crippen molar-refractivity contribution in [3.8, 4) is 11.3 Å². The molecule has 0 fully saturated rings. The Morgan fingerprint density at radius 2 is 2.17 bits per heavy atom. The van der Waals surface area contributed by atoms with Crippen molar-refractivity contribution < 1.29 is 4.79 Å². The summed E-state index contributed by atoms with van der Waals surface area (Å²) in [6.45, 7) is 4.44. The van der Waals surface area contributed by atoms with Crippen LogP contribution in [0.4, 0.5) is 0 Å². The Kier molecular flexibility index (Phi) is 6.16. The van der Waals surface area contributed by atoms with Gasteiger partial charge in [-0.15, -0.1) is 0 Å². The minimum atomic E-state index is 0.0813. The number of hydrogen-bond donors (Lipinski definition) is 0. The molecule has 23 heavy (non-hydrogen) atoms. The second kappa shape index (κ2) is 8.11. The van der Waals surface area contributed by atoms with Gasteiger partial charge in [-0.2, -0.15) is 5.10 Å². The fraction of sp³-hybridized carbons (Fsp3) is 0.471. The summed E-state index contributed by atoms with van der Waals surface area (Å²) in [5.74, 6) is 0.0813. The first kappa shape index (κ1) is 17.5. The Hall–Kier alpha value is -1.88. The van der Waals surface area contributed by atoms with Crippen molar-refractivity contribution in [2.24, 2.45) is 0 Å². The molecule has 0 aliphatic carbocycles. The van der Waals surface area contributed by atoms with Crippen LogP contribution in [0, 0.1) is 0 Å². The second-order valence-electron chi connectivity index (χ2n) is 5.74. The molecule has 2 heterocycles. The van der Waals surface area contributed by atoms with E-state index in [0.717, 1.165) is 30.5 Å². The normalized spacial score (nSPS) is 12.2. The molecule has 5 nitrogen and oxygen atoms in total. The molecule has 2 rings (SSSR count). The van der Waals surface area contributed by atoms with E-state index in [-0.39, 0.29) is 11.9 Å². The lowest BCUT2D eigenvalue weighted by molar-refractivity contribution is -0.130. The molecule has 124 valence electrons. The third-order valence-electron chi connectivity index (χ3n) is 3.99. The zero-order chi connectivity index (χ0) is 16.8. The molecule has 2 aromatic rings. The van der Waals surface area contributed by atoms with E-state index in [1.165, 1.54) is 0 Å². The summed E-state index contributed by atoms with van der Waals surface area (Å²) in [6.07, 6.45) is 8.56. The van der Waals surface area contributed by atoms with Crippen LogP contribution >= 0.6 is 11.6 Å². The van der Waals surface area contributed by atoms with Crippen LogP contribution in [0.25, 0.3) is 11.3 Å². The van der Waals surface area contributed by atoms with Crippen LogP contribution < -0.4 is 0 Å². The summed E-state index contributed by atoms with van der Waals surface area (Å²) in [5.41, 5.74) is 1.78. The first-order valence-electron chi connectivity index (χ1n) is 7.89. The summed E-state index contributed by atoms with van der Waals surface area (Å²) in [4.78, 5) is 17.8. The van der Waals surface area contributed by atoms with Gasteiger partial charge in [-0.25, -0.2) is 0 Å². The highest BCUT2D eigenvalue weighted by Crippen LogP contribution is 2.19. The lowest BCUT2D eigenvalue weighted by atomic mass is 10.1. The van der Waals surface area contributed by atoms with Crippen LogP contribution in [0.5, 0.6) is 0 Å². The lowest BCUT2D eigenvalue weighted by Crippen LogP contribution is -2.38. The maximum Gasteiger partial charge on any atom is 0.219 e. The van der Waals surface area contributed by atoms with Crippen LogP contribution in [-0.4, -0.2) is 38.7 Å². The van der Waals surface area contributed by atoms with Crippen molar-refractivity contribution in [2.75, 3.05) is 7.05 Å². The lowest BCUT2D eigenvalue weighted by Gasteiger charge is -2.27. The highest BCUT2D eigenvalue weighted by atomic mass is 35.5. The van der Waals surface area contributed by atoms with Gasteiger partial charge in [-0.3, -0.25) is 14.5 Å². The molecule has 1 atom stereocenters. The number of halogens is 1. The maximum atomic E-state index is 11.7. The van der Waals surface area contributed by atoms with Gasteiger partial charge in [-0.05, 0) is 18.6 Å². The van der Waals surface area contributed by atoms with Crippen molar-refractivity contribution in [1.82, 2.24) is 19.7 Å². The van der Waals surface area contributed by atoms with Crippen LogP contribution in [0.2, 0.25) is 5.02 Å². The van der Waals surface area contributed by atoms with Gasteiger partial charge in [0.15, 0.2) is 0 Å². The number of nitrogens with zero attached hydrogens (tertiary/aromatic N) is 4. The fourth-order valence-electron chi connectivity index (χ4n) is 2.46. The predicted molar refractivity (Wildman–Crippen MR) is 92.2 cm³/mol. The first-order valence-corrected chi connectivity index (χ1v) is 8.26. The molecule has 0 saturated carbocycles. The molecule has 0 spiro atoms. The number of carbonyl (C=O) groups is 1. The van der Waals surface area contributed by atoms with E-state index < -0.39 is 0 Å². The monoisotopic (exact) mass is 334 g/mol. The van der Waals surface area contributed by atoms with Crippen LogP contribution in [-0.2, 0) is 11.3 Å². The summed E-state index contributed by atoms with van der Waals surface area (Å²) in [7, 11) is 1.85. The maximum absolute atomic E-state index is 11.7. The molecule has 0 aliphatic rings. The average Bonchev–Trinajstić information content (AvgIpc) is 2.99. The van der Waals surface area contributed by atoms with Crippen LogP contribution in [0.1, 0.15) is 33.1 Å². The smallest absolute Gasteiger partial charge is 0.219 e. The summed E-state index contributed by atoms with van der Waals surface area (Å²) < 4.78 is 1.88. The van der Waals surface area contributed by atoms with E-state index in [9.17, 15) is 4.79 Å². The minimum Gasteiger partial charge on any atom is -0.341 e. The number of carbonyl (C=O) groups excluding carboxylic acids is 1. The molecule has 0 saturated heterocycles. The summed E-state index contributed by atoms with van der Waals surface area (Å²) in [5, 5.41) is 5.03. The Bertz CT molecular complexity index is 638. The van der Waals surface area contributed by atoms with Gasteiger partial charge in [0.2, 0.25) is 5.91 Å². The van der Waals surface area contributed by atoms with Crippen LogP contribution in [0.3, 0.4) is 0 Å². The predicted octanol–water partition coefficient (Wildman–Crippen LogP) is 3.64. The summed E-state index contributed by atoms with van der Waals surface area (Å²) >= 11 is 5.87. The van der Waals surface area contributed by atoms with E-state index >= 15 is 0 Å². The number of amides is 1. The molecule has 0 bridgehead atoms. The van der Waals surface area contributed by atoms with Gasteiger partial charge in [0.25, 0.3) is 0 Å². The molecular formula is C17H23ClN4O. The highest BCUT2D eigenvalue weighted by molar-refractivity contribution is 6.30. The second-order valence-corrected chi connectivity index (χ2v) is 6.18. The Balaban J connectivity index is 2.11. The van der Waals surface area contributed by atoms with Gasteiger partial charge in [0.1, 0.15) is 0 Å². The highest BCUT2D eigenvalue weighted by Gasteiger charge is 2.18. The molecule has 6 heteroatoms. The van der Waals surface area contributed by atoms with Gasteiger partial charge in [0.05, 0.1) is 29.5 Å². The molecule has 0 unspecified atom stereocenters. The van der Waals surface area contributed by atoms with E-state index in [0.29, 0.717) is 11.6 Å². The fourth-order valence-corrected chi connectivity index (χ4v) is 2.57. The Morgan fingerprint density at radius 3 is 2.78 bits per heavy atom. The van der Waals surface area contributed by atoms with Crippen molar-refractivity contribution in [1.29, 1.82) is 0 Å². The van der Waals surface area contributed by atoms with Gasteiger partial charge in [0, 0.05) is 31.9 Å². The summed E-state index contributed by atoms with van der Waals surface area (Å²) in [6, 6.07) is 3.84. The van der Waals surface area contributed by atoms with Crippen molar-refractivity contribution >= 4 is 17.5 Å². The largest absolute Gasteiger partial charge is 0.341 e. The van der Waals surface area contributed by atoms with Gasteiger partial charge >= 0.3 is 0 Å². The van der Waals surface area contributed by atoms with Crippen LogP contribution in [0.15, 0.2) is 30.7 Å². The number of unbranched alkanes of at least 4 members (excludes halogenated alkanes) is 1. The number of pyridine rings is 1.